The number of hydrogen-bond donors (Lipinski definition) is 3. The van der Waals surface area contributed by atoms with Crippen molar-refractivity contribution in [3.63, 3.8) is 0 Å². The number of ether oxygens (including phenoxy) is 2. The summed E-state index contributed by atoms with van der Waals surface area (Å²) in [5, 5.41) is 10.0. The largest absolute Gasteiger partial charge is 0.493 e. The van der Waals surface area contributed by atoms with E-state index in [-0.39, 0.29) is 17.6 Å². The third kappa shape index (κ3) is 8.07. The van der Waals surface area contributed by atoms with Gasteiger partial charge >= 0.3 is 11.8 Å². The molecule has 1 saturated carbocycles. The number of nitrogens with zero attached hydrogens (tertiary/aromatic N) is 1. The maximum Gasteiger partial charge on any atom is 0.329 e. The van der Waals surface area contributed by atoms with Crippen LogP contribution in [0.2, 0.25) is 5.02 Å². The molecular formula is C30H31ClN4O5. The second-order valence-electron chi connectivity index (χ2n) is 9.33. The van der Waals surface area contributed by atoms with Crippen LogP contribution < -0.4 is 25.5 Å². The molecule has 0 saturated heterocycles. The van der Waals surface area contributed by atoms with Gasteiger partial charge in [-0.15, -0.1) is 0 Å². The molecule has 0 spiro atoms. The van der Waals surface area contributed by atoms with Crippen LogP contribution in [0.1, 0.15) is 53.6 Å². The number of amides is 3. The van der Waals surface area contributed by atoms with Gasteiger partial charge in [0, 0.05) is 11.1 Å². The van der Waals surface area contributed by atoms with Crippen LogP contribution in [0.3, 0.4) is 0 Å². The number of benzene rings is 3. The van der Waals surface area contributed by atoms with E-state index >= 15 is 0 Å². The lowest BCUT2D eigenvalue weighted by Gasteiger charge is -2.23. The highest BCUT2D eigenvalue weighted by molar-refractivity contribution is 6.40. The molecule has 1 aliphatic rings. The average molecular weight is 563 g/mol. The average Bonchev–Trinajstić information content (AvgIpc) is 2.97. The maximum absolute atomic E-state index is 12.8. The molecule has 1 aliphatic carbocycles. The molecule has 40 heavy (non-hydrogen) atoms. The highest BCUT2D eigenvalue weighted by Gasteiger charge is 2.21. The topological polar surface area (TPSA) is 118 Å². The van der Waals surface area contributed by atoms with Gasteiger partial charge in [0.15, 0.2) is 11.5 Å². The van der Waals surface area contributed by atoms with Gasteiger partial charge in [-0.3, -0.25) is 14.4 Å². The number of hydrazone groups is 1. The number of carbonyl (C=O) groups is 3. The van der Waals surface area contributed by atoms with Crippen molar-refractivity contribution in [3.05, 3.63) is 88.4 Å². The molecule has 4 rings (SSSR count). The van der Waals surface area contributed by atoms with Crippen LogP contribution in [-0.2, 0) is 16.2 Å². The second kappa shape index (κ2) is 14.1. The molecule has 1 fully saturated rings. The van der Waals surface area contributed by atoms with Gasteiger partial charge in [-0.25, -0.2) is 5.43 Å². The van der Waals surface area contributed by atoms with Gasteiger partial charge in [0.2, 0.25) is 0 Å². The smallest absolute Gasteiger partial charge is 0.329 e. The summed E-state index contributed by atoms with van der Waals surface area (Å²) < 4.78 is 11.3. The number of para-hydroxylation sites is 1. The minimum Gasteiger partial charge on any atom is -0.493 e. The highest BCUT2D eigenvalue weighted by atomic mass is 35.5. The monoisotopic (exact) mass is 562 g/mol. The fraction of sp³-hybridized carbons (Fsp3) is 0.267. The number of hydrogen-bond acceptors (Lipinski definition) is 6. The number of halogens is 1. The molecule has 0 atom stereocenters. The van der Waals surface area contributed by atoms with Gasteiger partial charge < -0.3 is 20.1 Å². The van der Waals surface area contributed by atoms with Crippen LogP contribution in [0, 0.1) is 0 Å². The number of methoxy groups -OCH3 is 1. The second-order valence-corrected chi connectivity index (χ2v) is 9.77. The summed E-state index contributed by atoms with van der Waals surface area (Å²) in [7, 11) is 1.52. The zero-order valence-electron chi connectivity index (χ0n) is 22.1. The predicted octanol–water partition coefficient (Wildman–Crippen LogP) is 5.08. The molecule has 3 aromatic rings. The lowest BCUT2D eigenvalue weighted by molar-refractivity contribution is -0.136. The summed E-state index contributed by atoms with van der Waals surface area (Å²) in [5.41, 5.74) is 4.31. The number of rotatable bonds is 9. The van der Waals surface area contributed by atoms with Crippen molar-refractivity contribution in [1.82, 2.24) is 10.7 Å². The summed E-state index contributed by atoms with van der Waals surface area (Å²) >= 11 is 5.92. The van der Waals surface area contributed by atoms with Crippen LogP contribution in [0.15, 0.2) is 71.8 Å². The fourth-order valence-corrected chi connectivity index (χ4v) is 4.45. The molecule has 0 bridgehead atoms. The molecule has 3 N–H and O–H groups in total. The first-order chi connectivity index (χ1) is 19.4. The molecule has 208 valence electrons. The normalized spacial score (nSPS) is 13.4. The lowest BCUT2D eigenvalue weighted by Crippen LogP contribution is -2.37. The van der Waals surface area contributed by atoms with Crippen molar-refractivity contribution in [2.24, 2.45) is 5.10 Å². The van der Waals surface area contributed by atoms with E-state index < -0.39 is 11.8 Å². The molecular weight excluding hydrogens is 532 g/mol. The molecule has 10 heteroatoms. The molecule has 3 aromatic carbocycles. The fourth-order valence-electron chi connectivity index (χ4n) is 4.32. The number of carbonyl (C=O) groups excluding carboxylic acids is 3. The van der Waals surface area contributed by atoms with Crippen LogP contribution >= 0.6 is 11.6 Å². The van der Waals surface area contributed by atoms with Crippen LogP contribution in [0.25, 0.3) is 0 Å². The van der Waals surface area contributed by atoms with Crippen molar-refractivity contribution in [2.45, 2.75) is 44.8 Å². The van der Waals surface area contributed by atoms with E-state index in [9.17, 15) is 14.4 Å². The van der Waals surface area contributed by atoms with Gasteiger partial charge in [-0.1, -0.05) is 55.1 Å². The van der Waals surface area contributed by atoms with E-state index in [0.29, 0.717) is 34.3 Å². The molecule has 0 radical (unpaired) electrons. The first kappa shape index (κ1) is 28.6. The molecule has 0 heterocycles. The molecule has 3 amide bonds. The first-order valence-electron chi connectivity index (χ1n) is 13.0. The summed E-state index contributed by atoms with van der Waals surface area (Å²) in [4.78, 5) is 37.7. The SMILES string of the molecule is COc1cc(/C=N\NC(=O)C(=O)Nc2ccccc2C(=O)NC2CCCCC2)ccc1OCc1ccc(Cl)cc1. The zero-order chi connectivity index (χ0) is 28.3. The minimum atomic E-state index is -0.978. The summed E-state index contributed by atoms with van der Waals surface area (Å²) in [6, 6.07) is 19.2. The van der Waals surface area contributed by atoms with Gasteiger partial charge in [0.05, 0.1) is 24.6 Å². The number of anilines is 1. The van der Waals surface area contributed by atoms with E-state index in [2.05, 4.69) is 21.2 Å². The quantitative estimate of drug-likeness (QED) is 0.191. The Morgan fingerprint density at radius 2 is 1.70 bits per heavy atom. The summed E-state index contributed by atoms with van der Waals surface area (Å²) in [6.45, 7) is 0.331. The van der Waals surface area contributed by atoms with Crippen molar-refractivity contribution >= 4 is 41.2 Å². The Bertz CT molecular complexity index is 1370. The van der Waals surface area contributed by atoms with Gasteiger partial charge in [0.1, 0.15) is 6.61 Å². The van der Waals surface area contributed by atoms with Crippen LogP contribution in [0.5, 0.6) is 11.5 Å². The zero-order valence-corrected chi connectivity index (χ0v) is 22.9. The first-order valence-corrected chi connectivity index (χ1v) is 13.4. The Morgan fingerprint density at radius 1 is 0.950 bits per heavy atom. The highest BCUT2D eigenvalue weighted by Crippen LogP contribution is 2.28. The van der Waals surface area contributed by atoms with Crippen molar-refractivity contribution in [3.8, 4) is 11.5 Å². The standard InChI is InChI=1S/C30H31ClN4O5/c1-39-27-17-21(13-16-26(27)40-19-20-11-14-22(31)15-12-20)18-32-35-30(38)29(37)34-25-10-6-5-9-24(25)28(36)33-23-7-3-2-4-8-23/h5-6,9-18,23H,2-4,7-8,19H2,1H3,(H,33,36)(H,34,37)(H,35,38)/b32-18-. The maximum atomic E-state index is 12.8. The van der Waals surface area contributed by atoms with Crippen molar-refractivity contribution in [2.75, 3.05) is 12.4 Å². The summed E-state index contributed by atoms with van der Waals surface area (Å²) in [5.74, 6) is -1.20. The lowest BCUT2D eigenvalue weighted by atomic mass is 9.95. The van der Waals surface area contributed by atoms with Crippen molar-refractivity contribution in [1.29, 1.82) is 0 Å². The number of nitrogens with one attached hydrogen (secondary N) is 3. The van der Waals surface area contributed by atoms with Crippen LogP contribution in [-0.4, -0.2) is 37.1 Å². The van der Waals surface area contributed by atoms with E-state index in [1.54, 1.807) is 54.6 Å². The minimum absolute atomic E-state index is 0.116. The van der Waals surface area contributed by atoms with Gasteiger partial charge in [-0.05, 0) is 66.4 Å². The van der Waals surface area contributed by atoms with E-state index in [4.69, 9.17) is 21.1 Å². The Kier molecular flexibility index (Phi) is 10.1. The van der Waals surface area contributed by atoms with E-state index in [1.165, 1.54) is 19.7 Å². The molecule has 0 aromatic heterocycles. The molecule has 0 unspecified atom stereocenters. The van der Waals surface area contributed by atoms with Gasteiger partial charge in [0.25, 0.3) is 5.91 Å². The Labute approximate surface area is 237 Å². The van der Waals surface area contributed by atoms with Crippen molar-refractivity contribution < 1.29 is 23.9 Å². The Morgan fingerprint density at radius 3 is 2.45 bits per heavy atom. The van der Waals surface area contributed by atoms with Crippen LogP contribution in [0.4, 0.5) is 5.69 Å². The molecule has 0 aliphatic heterocycles. The van der Waals surface area contributed by atoms with Gasteiger partial charge in [-0.2, -0.15) is 5.10 Å². The Hall–Kier alpha value is -4.37. The third-order valence-electron chi connectivity index (χ3n) is 6.44. The Balaban J connectivity index is 1.31. The van der Waals surface area contributed by atoms with E-state index in [0.717, 1.165) is 31.2 Å². The van der Waals surface area contributed by atoms with E-state index in [1.807, 2.05) is 12.1 Å². The summed E-state index contributed by atoms with van der Waals surface area (Å²) in [6.07, 6.45) is 6.59. The molecule has 9 nitrogen and oxygen atoms in total. The predicted molar refractivity (Wildman–Crippen MR) is 154 cm³/mol. The third-order valence-corrected chi connectivity index (χ3v) is 6.69.